The van der Waals surface area contributed by atoms with Crippen molar-refractivity contribution in [1.29, 1.82) is 5.26 Å². The number of carbonyl (C=O) groups is 1. The first-order chi connectivity index (χ1) is 15.1. The molecule has 0 saturated heterocycles. The van der Waals surface area contributed by atoms with E-state index in [-0.39, 0.29) is 18.1 Å². The molecule has 0 aliphatic heterocycles. The largest absolute Gasteiger partial charge is 0.326 e. The van der Waals surface area contributed by atoms with Gasteiger partial charge in [-0.25, -0.2) is 9.37 Å². The Morgan fingerprint density at radius 1 is 1.19 bits per heavy atom. The highest BCUT2D eigenvalue weighted by Gasteiger charge is 2.23. The summed E-state index contributed by atoms with van der Waals surface area (Å²) in [6.07, 6.45) is 3.10. The van der Waals surface area contributed by atoms with Crippen molar-refractivity contribution in [2.75, 3.05) is 11.1 Å². The molecule has 0 spiro atoms. The molecule has 0 fully saturated rings. The van der Waals surface area contributed by atoms with E-state index >= 15 is 0 Å². The summed E-state index contributed by atoms with van der Waals surface area (Å²) in [5.74, 6) is 0.475. The number of amides is 1. The maximum atomic E-state index is 13.0. The van der Waals surface area contributed by atoms with Gasteiger partial charge in [0.25, 0.3) is 0 Å². The Morgan fingerprint density at radius 3 is 2.71 bits per heavy atom. The van der Waals surface area contributed by atoms with Crippen LogP contribution < -0.4 is 5.32 Å². The minimum Gasteiger partial charge on any atom is -0.326 e. The Labute approximate surface area is 185 Å². The van der Waals surface area contributed by atoms with Crippen LogP contribution in [0.1, 0.15) is 41.1 Å². The van der Waals surface area contributed by atoms with Gasteiger partial charge in [0.2, 0.25) is 5.91 Å². The van der Waals surface area contributed by atoms with Gasteiger partial charge in [0, 0.05) is 23.6 Å². The summed E-state index contributed by atoms with van der Waals surface area (Å²) in [7, 11) is 0. The van der Waals surface area contributed by atoms with E-state index < -0.39 is 0 Å². The normalized spacial score (nSPS) is 15.0. The molecule has 1 N–H and O–H groups in total. The number of rotatable bonds is 6. The molecular weight excluding hydrogens is 409 g/mol. The van der Waals surface area contributed by atoms with E-state index in [0.29, 0.717) is 27.9 Å². The van der Waals surface area contributed by atoms with Gasteiger partial charge < -0.3 is 5.32 Å². The SMILES string of the molecule is N#Cc1cc2c(nc1SCCC(=O)Nc1ccc(F)cc1)CCC(c1ccccc1)C2. The van der Waals surface area contributed by atoms with Crippen LogP contribution in [0, 0.1) is 17.1 Å². The minimum atomic E-state index is -0.342. The second kappa shape index (κ2) is 9.76. The van der Waals surface area contributed by atoms with Crippen molar-refractivity contribution in [2.45, 2.75) is 36.6 Å². The highest BCUT2D eigenvalue weighted by atomic mass is 32.2. The number of nitrogens with zero attached hydrogens (tertiary/aromatic N) is 2. The summed E-state index contributed by atoms with van der Waals surface area (Å²) in [6, 6.07) is 20.4. The molecule has 1 amide bonds. The summed E-state index contributed by atoms with van der Waals surface area (Å²) in [5, 5.41) is 13.1. The fourth-order valence-electron chi connectivity index (χ4n) is 3.84. The van der Waals surface area contributed by atoms with Crippen LogP contribution in [0.25, 0.3) is 0 Å². The Morgan fingerprint density at radius 2 is 1.97 bits per heavy atom. The standard InChI is InChI=1S/C25H22FN3OS/c26-21-7-9-22(10-8-21)28-24(30)12-13-31-25-20(16-27)15-19-14-18(6-11-23(19)29-25)17-4-2-1-3-5-17/h1-5,7-10,15,18H,6,11-14H2,(H,28,30). The van der Waals surface area contributed by atoms with Crippen LogP contribution in [-0.2, 0) is 17.6 Å². The monoisotopic (exact) mass is 431 g/mol. The van der Waals surface area contributed by atoms with E-state index in [1.165, 1.54) is 41.6 Å². The molecule has 3 aromatic rings. The molecule has 2 aromatic carbocycles. The number of pyridine rings is 1. The van der Waals surface area contributed by atoms with E-state index in [1.54, 1.807) is 0 Å². The van der Waals surface area contributed by atoms with Crippen molar-refractivity contribution in [3.05, 3.63) is 88.9 Å². The van der Waals surface area contributed by atoms with Crippen LogP contribution >= 0.6 is 11.8 Å². The molecule has 4 rings (SSSR count). The fourth-order valence-corrected chi connectivity index (χ4v) is 4.76. The second-order valence-electron chi connectivity index (χ2n) is 7.56. The number of nitrogens with one attached hydrogen (secondary N) is 1. The molecule has 1 aromatic heterocycles. The molecule has 0 saturated carbocycles. The number of hydrogen-bond acceptors (Lipinski definition) is 4. The van der Waals surface area contributed by atoms with Crippen LogP contribution in [-0.4, -0.2) is 16.6 Å². The van der Waals surface area contributed by atoms with Gasteiger partial charge in [-0.2, -0.15) is 5.26 Å². The quantitative estimate of drug-likeness (QED) is 0.525. The molecule has 1 aliphatic carbocycles. The number of aromatic nitrogens is 1. The van der Waals surface area contributed by atoms with Crippen molar-refractivity contribution < 1.29 is 9.18 Å². The second-order valence-corrected chi connectivity index (χ2v) is 8.65. The average molecular weight is 432 g/mol. The van der Waals surface area contributed by atoms with E-state index in [9.17, 15) is 14.4 Å². The van der Waals surface area contributed by atoms with Gasteiger partial charge in [-0.15, -0.1) is 11.8 Å². The van der Waals surface area contributed by atoms with Crippen molar-refractivity contribution in [3.8, 4) is 6.07 Å². The number of hydrogen-bond donors (Lipinski definition) is 1. The molecule has 6 heteroatoms. The maximum absolute atomic E-state index is 13.0. The maximum Gasteiger partial charge on any atom is 0.225 e. The Hall–Kier alpha value is -3.17. The third-order valence-electron chi connectivity index (χ3n) is 5.44. The number of halogens is 1. The fraction of sp³-hybridized carbons (Fsp3) is 0.240. The van der Waals surface area contributed by atoms with Gasteiger partial charge in [-0.3, -0.25) is 4.79 Å². The Kier molecular flexibility index (Phi) is 6.63. The average Bonchev–Trinajstić information content (AvgIpc) is 2.80. The molecule has 31 heavy (non-hydrogen) atoms. The first kappa shape index (κ1) is 21.1. The van der Waals surface area contributed by atoms with E-state index in [2.05, 4.69) is 35.7 Å². The van der Waals surface area contributed by atoms with Crippen molar-refractivity contribution in [1.82, 2.24) is 4.98 Å². The molecule has 156 valence electrons. The number of aryl methyl sites for hydroxylation is 1. The van der Waals surface area contributed by atoms with Gasteiger partial charge >= 0.3 is 0 Å². The van der Waals surface area contributed by atoms with Crippen molar-refractivity contribution in [2.24, 2.45) is 0 Å². The van der Waals surface area contributed by atoms with Crippen molar-refractivity contribution >= 4 is 23.4 Å². The topological polar surface area (TPSA) is 65.8 Å². The van der Waals surface area contributed by atoms with Gasteiger partial charge in [-0.05, 0) is 66.6 Å². The molecule has 0 radical (unpaired) electrons. The number of nitriles is 1. The van der Waals surface area contributed by atoms with Gasteiger partial charge in [0.15, 0.2) is 0 Å². The highest BCUT2D eigenvalue weighted by Crippen LogP contribution is 2.34. The molecule has 1 aliphatic rings. The molecule has 4 nitrogen and oxygen atoms in total. The van der Waals surface area contributed by atoms with Gasteiger partial charge in [-0.1, -0.05) is 30.3 Å². The number of benzene rings is 2. The van der Waals surface area contributed by atoms with Crippen LogP contribution in [0.15, 0.2) is 65.7 Å². The van der Waals surface area contributed by atoms with E-state index in [0.717, 1.165) is 30.5 Å². The smallest absolute Gasteiger partial charge is 0.225 e. The number of anilines is 1. The third kappa shape index (κ3) is 5.31. The Balaban J connectivity index is 1.38. The predicted octanol–water partition coefficient (Wildman–Crippen LogP) is 5.49. The lowest BCUT2D eigenvalue weighted by atomic mass is 9.82. The Bertz CT molecular complexity index is 1110. The van der Waals surface area contributed by atoms with Crippen molar-refractivity contribution in [3.63, 3.8) is 0 Å². The predicted molar refractivity (Wildman–Crippen MR) is 121 cm³/mol. The molecular formula is C25H22FN3OS. The summed E-state index contributed by atoms with van der Waals surface area (Å²) >= 11 is 1.43. The summed E-state index contributed by atoms with van der Waals surface area (Å²) < 4.78 is 13.0. The van der Waals surface area contributed by atoms with Gasteiger partial charge in [0.05, 0.1) is 5.56 Å². The highest BCUT2D eigenvalue weighted by molar-refractivity contribution is 7.99. The zero-order valence-corrected chi connectivity index (χ0v) is 17.8. The lowest BCUT2D eigenvalue weighted by molar-refractivity contribution is -0.115. The molecule has 1 atom stereocenters. The number of fused-ring (bicyclic) bond motifs is 1. The third-order valence-corrected chi connectivity index (χ3v) is 6.43. The summed E-state index contributed by atoms with van der Waals surface area (Å²) in [6.45, 7) is 0. The first-order valence-electron chi connectivity index (χ1n) is 10.3. The lowest BCUT2D eigenvalue weighted by Gasteiger charge is -2.25. The van der Waals surface area contributed by atoms with Crippen LogP contribution in [0.4, 0.5) is 10.1 Å². The lowest BCUT2D eigenvalue weighted by Crippen LogP contribution is -2.15. The number of thioether (sulfide) groups is 1. The molecule has 1 unspecified atom stereocenters. The van der Waals surface area contributed by atoms with Crippen LogP contribution in [0.5, 0.6) is 0 Å². The summed E-state index contributed by atoms with van der Waals surface area (Å²) in [5.41, 5.74) is 4.67. The zero-order valence-electron chi connectivity index (χ0n) is 17.0. The minimum absolute atomic E-state index is 0.152. The van der Waals surface area contributed by atoms with E-state index in [1.807, 2.05) is 12.1 Å². The number of carbonyl (C=O) groups excluding carboxylic acids is 1. The summed E-state index contributed by atoms with van der Waals surface area (Å²) in [4.78, 5) is 16.9. The van der Waals surface area contributed by atoms with Crippen LogP contribution in [0.3, 0.4) is 0 Å². The van der Waals surface area contributed by atoms with Gasteiger partial charge in [0.1, 0.15) is 16.9 Å². The molecule has 0 bridgehead atoms. The molecule has 1 heterocycles. The first-order valence-corrected chi connectivity index (χ1v) is 11.3. The van der Waals surface area contributed by atoms with E-state index in [4.69, 9.17) is 4.98 Å². The zero-order chi connectivity index (χ0) is 21.6. The van der Waals surface area contributed by atoms with Crippen LogP contribution in [0.2, 0.25) is 0 Å².